The van der Waals surface area contributed by atoms with E-state index in [1.807, 2.05) is 0 Å². The second kappa shape index (κ2) is 59.0. The van der Waals surface area contributed by atoms with E-state index in [4.69, 9.17) is 37.0 Å². The Kier molecular flexibility index (Phi) is 57.7. The summed E-state index contributed by atoms with van der Waals surface area (Å²) < 4.78 is 67.8. The molecule has 0 aromatic rings. The lowest BCUT2D eigenvalue weighted by Gasteiger charge is -2.21. The Morgan fingerprint density at radius 2 is 0.482 bits per heavy atom. The molecule has 5 atom stereocenters. The second-order valence-corrected chi connectivity index (χ2v) is 26.1. The van der Waals surface area contributed by atoms with Gasteiger partial charge in [0.05, 0.1) is 26.4 Å². The standard InChI is InChI=1S/C64H124O17P2/c1-5-9-13-17-20-23-25-27-29-31-33-36-39-43-47-51-64(69)81-60(55-75-62(67)49-45-41-37-35-32-30-28-26-24-21-18-14-10-6-2)57-79-83(72,73)77-53-58(65)52-76-82(70,71)78-56-59(54-74-61(66)48-44-40-16-12-8-4)80-63(68)50-46-42-38-34-22-19-15-11-7-3/h58-60,65H,5-57H2,1-4H3,(H,70,71)(H,72,73)/t58-,59+,60+/m0/s1. The highest BCUT2D eigenvalue weighted by atomic mass is 31.2. The van der Waals surface area contributed by atoms with Gasteiger partial charge in [-0.2, -0.15) is 0 Å². The molecular weight excluding hydrogens is 1100 g/mol. The Hall–Kier alpha value is -1.94. The predicted molar refractivity (Wildman–Crippen MR) is 331 cm³/mol. The second-order valence-electron chi connectivity index (χ2n) is 23.2. The molecule has 19 heteroatoms. The van der Waals surface area contributed by atoms with Crippen LogP contribution in [-0.4, -0.2) is 96.7 Å². The Bertz CT molecular complexity index is 1600. The molecular formula is C64H124O17P2. The van der Waals surface area contributed by atoms with Crippen molar-refractivity contribution in [3.63, 3.8) is 0 Å². The summed E-state index contributed by atoms with van der Waals surface area (Å²) in [5.74, 6) is -2.14. The third kappa shape index (κ3) is 58.8. The number of rotatable bonds is 65. The zero-order valence-electron chi connectivity index (χ0n) is 53.2. The number of aliphatic hydroxyl groups excluding tert-OH is 1. The van der Waals surface area contributed by atoms with Crippen LogP contribution >= 0.6 is 15.6 Å². The molecule has 492 valence electrons. The van der Waals surface area contributed by atoms with Crippen LogP contribution in [0.5, 0.6) is 0 Å². The lowest BCUT2D eigenvalue weighted by Crippen LogP contribution is -2.30. The zero-order valence-corrected chi connectivity index (χ0v) is 54.9. The first-order chi connectivity index (χ1) is 40.2. The van der Waals surface area contributed by atoms with Crippen molar-refractivity contribution in [3.8, 4) is 0 Å². The van der Waals surface area contributed by atoms with Gasteiger partial charge < -0.3 is 33.8 Å². The smallest absolute Gasteiger partial charge is 0.462 e. The first kappa shape index (κ1) is 81.1. The molecule has 0 amide bonds. The normalized spacial score (nSPS) is 14.2. The summed E-state index contributed by atoms with van der Waals surface area (Å²) in [5, 5.41) is 10.5. The lowest BCUT2D eigenvalue weighted by atomic mass is 10.0. The Morgan fingerprint density at radius 1 is 0.289 bits per heavy atom. The van der Waals surface area contributed by atoms with E-state index in [1.165, 1.54) is 154 Å². The molecule has 0 aliphatic heterocycles. The fourth-order valence-electron chi connectivity index (χ4n) is 9.63. The molecule has 83 heavy (non-hydrogen) atoms. The Morgan fingerprint density at radius 3 is 0.711 bits per heavy atom. The minimum absolute atomic E-state index is 0.105. The van der Waals surface area contributed by atoms with E-state index in [0.29, 0.717) is 25.7 Å². The number of carbonyl (C=O) groups is 4. The maximum Gasteiger partial charge on any atom is 0.472 e. The summed E-state index contributed by atoms with van der Waals surface area (Å²) in [7, 11) is -9.87. The van der Waals surface area contributed by atoms with Gasteiger partial charge in [0.1, 0.15) is 19.3 Å². The average molecular weight is 1230 g/mol. The van der Waals surface area contributed by atoms with Gasteiger partial charge >= 0.3 is 39.5 Å². The van der Waals surface area contributed by atoms with Crippen LogP contribution in [0, 0.1) is 0 Å². The zero-order chi connectivity index (χ0) is 61.2. The van der Waals surface area contributed by atoms with Gasteiger partial charge in [-0.1, -0.05) is 278 Å². The van der Waals surface area contributed by atoms with Crippen molar-refractivity contribution in [2.45, 2.75) is 348 Å². The van der Waals surface area contributed by atoms with Gasteiger partial charge in [-0.15, -0.1) is 0 Å². The van der Waals surface area contributed by atoms with E-state index < -0.39 is 97.5 Å². The molecule has 0 rings (SSSR count). The third-order valence-corrected chi connectivity index (χ3v) is 16.8. The largest absolute Gasteiger partial charge is 0.472 e. The quantitative estimate of drug-likeness (QED) is 0.0222. The molecule has 0 bridgehead atoms. The van der Waals surface area contributed by atoms with Crippen LogP contribution in [0.15, 0.2) is 0 Å². The monoisotopic (exact) mass is 1230 g/mol. The van der Waals surface area contributed by atoms with E-state index >= 15 is 0 Å². The molecule has 0 aliphatic carbocycles. The molecule has 0 aromatic carbocycles. The van der Waals surface area contributed by atoms with Crippen LogP contribution in [-0.2, 0) is 65.4 Å². The van der Waals surface area contributed by atoms with Crippen molar-refractivity contribution in [1.29, 1.82) is 0 Å². The van der Waals surface area contributed by atoms with Gasteiger partial charge in [-0.05, 0) is 25.7 Å². The number of phosphoric acid groups is 2. The van der Waals surface area contributed by atoms with Crippen LogP contribution in [0.3, 0.4) is 0 Å². The van der Waals surface area contributed by atoms with E-state index in [1.54, 1.807) is 0 Å². The average Bonchev–Trinajstić information content (AvgIpc) is 3.47. The van der Waals surface area contributed by atoms with Crippen LogP contribution in [0.2, 0.25) is 0 Å². The van der Waals surface area contributed by atoms with Crippen molar-refractivity contribution in [2.24, 2.45) is 0 Å². The van der Waals surface area contributed by atoms with Crippen molar-refractivity contribution < 1.29 is 80.2 Å². The molecule has 0 radical (unpaired) electrons. The summed E-state index contributed by atoms with van der Waals surface area (Å²) in [4.78, 5) is 71.9. The summed E-state index contributed by atoms with van der Waals surface area (Å²) >= 11 is 0. The number of aliphatic hydroxyl groups is 1. The third-order valence-electron chi connectivity index (χ3n) is 14.9. The van der Waals surface area contributed by atoms with Gasteiger partial charge in [0.2, 0.25) is 0 Å². The van der Waals surface area contributed by atoms with Gasteiger partial charge in [-0.25, -0.2) is 9.13 Å². The molecule has 0 saturated heterocycles. The molecule has 17 nitrogen and oxygen atoms in total. The van der Waals surface area contributed by atoms with Gasteiger partial charge in [0.25, 0.3) is 0 Å². The van der Waals surface area contributed by atoms with Crippen LogP contribution in [0.1, 0.15) is 329 Å². The predicted octanol–water partition coefficient (Wildman–Crippen LogP) is 17.9. The van der Waals surface area contributed by atoms with Crippen LogP contribution < -0.4 is 0 Å². The summed E-state index contributed by atoms with van der Waals surface area (Å²) in [6.07, 6.45) is 44.7. The van der Waals surface area contributed by atoms with Crippen molar-refractivity contribution >= 4 is 39.5 Å². The number of ether oxygens (including phenoxy) is 4. The summed E-state index contributed by atoms with van der Waals surface area (Å²) in [6, 6.07) is 0. The molecule has 0 aliphatic rings. The minimum atomic E-state index is -4.94. The number of phosphoric ester groups is 2. The molecule has 2 unspecified atom stereocenters. The van der Waals surface area contributed by atoms with Crippen molar-refractivity contribution in [1.82, 2.24) is 0 Å². The maximum absolute atomic E-state index is 13.0. The van der Waals surface area contributed by atoms with Crippen molar-refractivity contribution in [2.75, 3.05) is 39.6 Å². The van der Waals surface area contributed by atoms with E-state index in [-0.39, 0.29) is 25.7 Å². The van der Waals surface area contributed by atoms with E-state index in [2.05, 4.69) is 27.7 Å². The van der Waals surface area contributed by atoms with Gasteiger partial charge in [-0.3, -0.25) is 37.3 Å². The molecule has 0 heterocycles. The highest BCUT2D eigenvalue weighted by Crippen LogP contribution is 2.45. The van der Waals surface area contributed by atoms with Crippen LogP contribution in [0.25, 0.3) is 0 Å². The Labute approximate surface area is 505 Å². The SMILES string of the molecule is CCCCCCCCCCCCCCCCCC(=O)O[C@H](COC(=O)CCCCCCCCCCCCCCCC)COP(=O)(O)OC[C@@H](O)COP(=O)(O)OC[C@@H](COC(=O)CCCCCCC)OC(=O)CCCCCCCCCCC. The van der Waals surface area contributed by atoms with Crippen LogP contribution in [0.4, 0.5) is 0 Å². The van der Waals surface area contributed by atoms with Gasteiger partial charge in [0, 0.05) is 25.7 Å². The fraction of sp³-hybridized carbons (Fsp3) is 0.938. The highest BCUT2D eigenvalue weighted by Gasteiger charge is 2.30. The lowest BCUT2D eigenvalue weighted by molar-refractivity contribution is -0.161. The molecule has 0 aromatic heterocycles. The minimum Gasteiger partial charge on any atom is -0.462 e. The molecule has 0 saturated carbocycles. The molecule has 0 fully saturated rings. The van der Waals surface area contributed by atoms with E-state index in [0.717, 1.165) is 96.3 Å². The summed E-state index contributed by atoms with van der Waals surface area (Å²) in [6.45, 7) is 4.80. The number of unbranched alkanes of at least 4 members (excludes halogenated alkanes) is 39. The van der Waals surface area contributed by atoms with Crippen molar-refractivity contribution in [3.05, 3.63) is 0 Å². The molecule has 3 N–H and O–H groups in total. The van der Waals surface area contributed by atoms with Gasteiger partial charge in [0.15, 0.2) is 12.2 Å². The number of carbonyl (C=O) groups excluding carboxylic acids is 4. The number of hydrogen-bond acceptors (Lipinski definition) is 15. The highest BCUT2D eigenvalue weighted by molar-refractivity contribution is 7.47. The number of esters is 4. The number of hydrogen-bond donors (Lipinski definition) is 3. The fourth-order valence-corrected chi connectivity index (χ4v) is 11.2. The Balaban J connectivity index is 5.16. The first-order valence-corrected chi connectivity index (χ1v) is 36.8. The molecule has 0 spiro atoms. The first-order valence-electron chi connectivity index (χ1n) is 33.8. The topological polar surface area (TPSA) is 237 Å². The van der Waals surface area contributed by atoms with E-state index in [9.17, 15) is 43.2 Å². The summed E-state index contributed by atoms with van der Waals surface area (Å²) in [5.41, 5.74) is 0. The maximum atomic E-state index is 13.0.